The molecule has 0 spiro atoms. The van der Waals surface area contributed by atoms with Crippen LogP contribution in [0.3, 0.4) is 0 Å². The molecular formula is C10H17NO. The molecule has 68 valence electrons. The Balaban J connectivity index is 2.32. The summed E-state index contributed by atoms with van der Waals surface area (Å²) >= 11 is 0. The van der Waals surface area contributed by atoms with Crippen molar-refractivity contribution in [1.29, 1.82) is 0 Å². The van der Waals surface area contributed by atoms with E-state index >= 15 is 0 Å². The fourth-order valence-corrected chi connectivity index (χ4v) is 1.59. The largest absolute Gasteiger partial charge is 0.354 e. The van der Waals surface area contributed by atoms with Crippen LogP contribution in [0.4, 0.5) is 0 Å². The van der Waals surface area contributed by atoms with Gasteiger partial charge in [-0.25, -0.2) is 0 Å². The molecule has 1 amide bonds. The van der Waals surface area contributed by atoms with Crippen molar-refractivity contribution in [1.82, 2.24) is 5.32 Å². The topological polar surface area (TPSA) is 29.1 Å². The Kier molecular flexibility index (Phi) is 3.85. The third-order valence-electron chi connectivity index (χ3n) is 2.18. The number of amides is 1. The second-order valence-electron chi connectivity index (χ2n) is 3.38. The van der Waals surface area contributed by atoms with Crippen LogP contribution in [0, 0.1) is 0 Å². The second-order valence-corrected chi connectivity index (χ2v) is 3.38. The molecule has 1 aliphatic carbocycles. The Morgan fingerprint density at radius 1 is 1.33 bits per heavy atom. The van der Waals surface area contributed by atoms with Gasteiger partial charge in [0.25, 0.3) is 0 Å². The van der Waals surface area contributed by atoms with Gasteiger partial charge in [0.2, 0.25) is 5.91 Å². The van der Waals surface area contributed by atoms with Crippen molar-refractivity contribution in [3.05, 3.63) is 12.2 Å². The van der Waals surface area contributed by atoms with E-state index in [0.717, 1.165) is 25.7 Å². The van der Waals surface area contributed by atoms with Gasteiger partial charge in [0.1, 0.15) is 0 Å². The van der Waals surface area contributed by atoms with Crippen molar-refractivity contribution in [2.45, 2.75) is 45.1 Å². The first-order valence-electron chi connectivity index (χ1n) is 4.71. The van der Waals surface area contributed by atoms with E-state index in [-0.39, 0.29) is 5.91 Å². The Bertz CT molecular complexity index is 175. The van der Waals surface area contributed by atoms with Crippen LogP contribution in [-0.2, 0) is 4.79 Å². The van der Waals surface area contributed by atoms with Gasteiger partial charge in [0.15, 0.2) is 0 Å². The van der Waals surface area contributed by atoms with E-state index in [1.54, 1.807) is 6.92 Å². The van der Waals surface area contributed by atoms with Crippen LogP contribution in [-0.4, -0.2) is 11.9 Å². The van der Waals surface area contributed by atoms with Crippen molar-refractivity contribution in [2.75, 3.05) is 0 Å². The van der Waals surface area contributed by atoms with E-state index in [9.17, 15) is 4.79 Å². The molecular weight excluding hydrogens is 150 g/mol. The van der Waals surface area contributed by atoms with E-state index in [2.05, 4.69) is 17.5 Å². The van der Waals surface area contributed by atoms with Gasteiger partial charge in [-0.15, -0.1) is 0 Å². The summed E-state index contributed by atoms with van der Waals surface area (Å²) in [7, 11) is 0. The number of hydrogen-bond acceptors (Lipinski definition) is 1. The highest BCUT2D eigenvalue weighted by Gasteiger charge is 2.09. The van der Waals surface area contributed by atoms with Crippen molar-refractivity contribution >= 4 is 5.91 Å². The summed E-state index contributed by atoms with van der Waals surface area (Å²) in [6.45, 7) is 1.59. The Hall–Kier alpha value is -0.790. The third kappa shape index (κ3) is 3.56. The summed E-state index contributed by atoms with van der Waals surface area (Å²) in [5, 5.41) is 2.98. The summed E-state index contributed by atoms with van der Waals surface area (Å²) in [5.41, 5.74) is 0. The zero-order chi connectivity index (χ0) is 8.81. The van der Waals surface area contributed by atoms with Gasteiger partial charge in [0.05, 0.1) is 0 Å². The SMILES string of the molecule is CC(=O)NC1CC/C=C\CCC1. The minimum absolute atomic E-state index is 0.101. The molecule has 0 aromatic heterocycles. The Morgan fingerprint density at radius 2 is 2.08 bits per heavy atom. The zero-order valence-electron chi connectivity index (χ0n) is 7.68. The van der Waals surface area contributed by atoms with Gasteiger partial charge < -0.3 is 5.32 Å². The Morgan fingerprint density at radius 3 is 2.83 bits per heavy atom. The monoisotopic (exact) mass is 167 g/mol. The van der Waals surface area contributed by atoms with Crippen molar-refractivity contribution in [3.63, 3.8) is 0 Å². The van der Waals surface area contributed by atoms with Gasteiger partial charge in [-0.05, 0) is 32.1 Å². The minimum atomic E-state index is 0.101. The lowest BCUT2D eigenvalue weighted by molar-refractivity contribution is -0.119. The van der Waals surface area contributed by atoms with Gasteiger partial charge in [0, 0.05) is 13.0 Å². The molecule has 1 N–H and O–H groups in total. The van der Waals surface area contributed by atoms with Crippen LogP contribution in [0.25, 0.3) is 0 Å². The second kappa shape index (κ2) is 4.96. The molecule has 12 heavy (non-hydrogen) atoms. The van der Waals surface area contributed by atoms with Crippen LogP contribution < -0.4 is 5.32 Å². The van der Waals surface area contributed by atoms with Crippen LogP contribution in [0.2, 0.25) is 0 Å². The highest BCUT2D eigenvalue weighted by Crippen LogP contribution is 2.11. The van der Waals surface area contributed by atoms with E-state index in [1.165, 1.54) is 6.42 Å². The maximum absolute atomic E-state index is 10.8. The molecule has 0 aromatic rings. The predicted molar refractivity (Wildman–Crippen MR) is 49.8 cm³/mol. The number of rotatable bonds is 1. The summed E-state index contributed by atoms with van der Waals surface area (Å²) in [6, 6.07) is 0.410. The molecule has 0 fully saturated rings. The molecule has 1 atom stereocenters. The molecule has 2 heteroatoms. The van der Waals surface area contributed by atoms with Gasteiger partial charge in [-0.3, -0.25) is 4.79 Å². The molecule has 0 saturated heterocycles. The maximum atomic E-state index is 10.8. The number of nitrogens with one attached hydrogen (secondary N) is 1. The number of carbonyl (C=O) groups excluding carboxylic acids is 1. The molecule has 0 radical (unpaired) electrons. The fraction of sp³-hybridized carbons (Fsp3) is 0.700. The van der Waals surface area contributed by atoms with E-state index in [0.29, 0.717) is 6.04 Å². The van der Waals surface area contributed by atoms with E-state index < -0.39 is 0 Å². The van der Waals surface area contributed by atoms with Crippen molar-refractivity contribution in [2.24, 2.45) is 0 Å². The molecule has 1 aliphatic rings. The Labute approximate surface area is 74.0 Å². The number of allylic oxidation sites excluding steroid dienone is 2. The molecule has 0 heterocycles. The fourth-order valence-electron chi connectivity index (χ4n) is 1.59. The molecule has 1 unspecified atom stereocenters. The molecule has 0 aromatic carbocycles. The molecule has 0 bridgehead atoms. The van der Waals surface area contributed by atoms with Crippen molar-refractivity contribution < 1.29 is 4.79 Å². The standard InChI is InChI=1S/C10H17NO/c1-9(12)11-10-7-5-3-2-4-6-8-10/h2-3,10H,4-8H2,1H3,(H,11,12)/b3-2-. The number of carbonyl (C=O) groups is 1. The third-order valence-corrected chi connectivity index (χ3v) is 2.18. The van der Waals surface area contributed by atoms with Crippen LogP contribution in [0.15, 0.2) is 12.2 Å². The average molecular weight is 167 g/mol. The predicted octanol–water partition coefficient (Wildman–Crippen LogP) is 2.01. The molecule has 0 aliphatic heterocycles. The van der Waals surface area contributed by atoms with Crippen LogP contribution in [0.1, 0.15) is 39.0 Å². The number of hydrogen-bond donors (Lipinski definition) is 1. The first-order valence-corrected chi connectivity index (χ1v) is 4.71. The maximum Gasteiger partial charge on any atom is 0.217 e. The summed E-state index contributed by atoms with van der Waals surface area (Å²) in [6.07, 6.45) is 10.1. The van der Waals surface area contributed by atoms with Crippen molar-refractivity contribution in [3.8, 4) is 0 Å². The van der Waals surface area contributed by atoms with Gasteiger partial charge in [-0.1, -0.05) is 12.2 Å². The quantitative estimate of drug-likeness (QED) is 0.595. The van der Waals surface area contributed by atoms with Gasteiger partial charge >= 0.3 is 0 Å². The van der Waals surface area contributed by atoms with Gasteiger partial charge in [-0.2, -0.15) is 0 Å². The lowest BCUT2D eigenvalue weighted by Crippen LogP contribution is -2.33. The lowest BCUT2D eigenvalue weighted by atomic mass is 10.0. The minimum Gasteiger partial charge on any atom is -0.354 e. The highest BCUT2D eigenvalue weighted by molar-refractivity contribution is 5.73. The van der Waals surface area contributed by atoms with Crippen LogP contribution >= 0.6 is 0 Å². The van der Waals surface area contributed by atoms with E-state index in [1.807, 2.05) is 0 Å². The van der Waals surface area contributed by atoms with Crippen LogP contribution in [0.5, 0.6) is 0 Å². The molecule has 2 nitrogen and oxygen atoms in total. The normalized spacial score (nSPS) is 26.9. The summed E-state index contributed by atoms with van der Waals surface area (Å²) in [5.74, 6) is 0.101. The molecule has 0 saturated carbocycles. The first kappa shape index (κ1) is 9.30. The zero-order valence-corrected chi connectivity index (χ0v) is 7.68. The lowest BCUT2D eigenvalue weighted by Gasteiger charge is -2.17. The smallest absolute Gasteiger partial charge is 0.217 e. The van der Waals surface area contributed by atoms with E-state index in [4.69, 9.17) is 0 Å². The average Bonchev–Trinajstić information content (AvgIpc) is 1.93. The summed E-state index contributed by atoms with van der Waals surface area (Å²) < 4.78 is 0. The highest BCUT2D eigenvalue weighted by atomic mass is 16.1. The molecule has 1 rings (SSSR count). The summed E-state index contributed by atoms with van der Waals surface area (Å²) in [4.78, 5) is 10.8. The first-order chi connectivity index (χ1) is 5.79.